The minimum Gasteiger partial charge on any atom is 0 e. The van der Waals surface area contributed by atoms with Gasteiger partial charge in [-0.15, -0.1) is 0 Å². The number of hydrogen-bond donors (Lipinski definition) is 0. The summed E-state index contributed by atoms with van der Waals surface area (Å²) in [4.78, 5) is 0. The first kappa shape index (κ1) is 26.6. The Hall–Kier alpha value is 3.30. The van der Waals surface area contributed by atoms with E-state index in [0.717, 1.165) is 0 Å². The van der Waals surface area contributed by atoms with Gasteiger partial charge in [-0.25, -0.2) is 0 Å². The van der Waals surface area contributed by atoms with Gasteiger partial charge in [-0.2, -0.15) is 0 Å². The molecule has 0 aromatic rings. The quantitative estimate of drug-likeness (QED) is 0.491. The van der Waals surface area contributed by atoms with Crippen LogP contribution in [0.1, 0.15) is 0 Å². The van der Waals surface area contributed by atoms with E-state index in [1.165, 1.54) is 0 Å². The average Bonchev–Trinajstić information content (AvgIpc) is 0. The molecule has 0 bridgehead atoms. The second kappa shape index (κ2) is 16.3. The molecule has 0 aromatic carbocycles. The smallest absolute Gasteiger partial charge is 0 e. The molecule has 0 aromatic heterocycles. The molecule has 0 nitrogen and oxygen atoms in total. The van der Waals surface area contributed by atoms with Crippen molar-refractivity contribution in [2.75, 3.05) is 0 Å². The molecule has 0 spiro atoms. The van der Waals surface area contributed by atoms with Gasteiger partial charge in [-0.3, -0.25) is 0 Å². The fourth-order valence-electron chi connectivity index (χ4n) is 0. The van der Waals surface area contributed by atoms with Crippen LogP contribution in [0.25, 0.3) is 0 Å². The summed E-state index contributed by atoms with van der Waals surface area (Å²) in [5, 5.41) is 0. The average molecular weight is 224 g/mol. The van der Waals surface area contributed by atoms with Crippen molar-refractivity contribution in [2.45, 2.75) is 0 Å². The van der Waals surface area contributed by atoms with Crippen LogP contribution < -0.4 is 0 Å². The molecule has 0 aliphatic carbocycles. The zero-order valence-corrected chi connectivity index (χ0v) is 10.5. The van der Waals surface area contributed by atoms with Gasteiger partial charge in [-0.1, -0.05) is 0 Å². The van der Waals surface area contributed by atoms with Crippen molar-refractivity contribution in [2.24, 2.45) is 0 Å². The second-order valence-corrected chi connectivity index (χ2v) is 0. The van der Waals surface area contributed by atoms with Gasteiger partial charge in [0.2, 0.25) is 0 Å². The van der Waals surface area contributed by atoms with Crippen LogP contribution in [-0.2, 0) is 53.6 Å². The summed E-state index contributed by atoms with van der Waals surface area (Å²) in [5.41, 5.74) is 0. The first-order valence-corrected chi connectivity index (χ1v) is 0. The predicted octanol–water partition coefficient (Wildman–Crippen LogP) is -0.388. The van der Waals surface area contributed by atoms with E-state index in [-0.39, 0.29) is 105 Å². The third-order valence-corrected chi connectivity index (χ3v) is 0. The summed E-state index contributed by atoms with van der Waals surface area (Å²) < 4.78 is 0. The molecule has 0 aliphatic rings. The van der Waals surface area contributed by atoms with E-state index in [9.17, 15) is 0 Å². The maximum absolute atomic E-state index is 0. The largest absolute Gasteiger partial charge is 0 e. The van der Waals surface area contributed by atoms with Crippen molar-refractivity contribution in [3.63, 3.8) is 0 Å². The SMILES string of the molecule is [Cu].[Fe].[K].[Zn]. The fourth-order valence-corrected chi connectivity index (χ4v) is 0. The Labute approximate surface area is 102 Å². The van der Waals surface area contributed by atoms with E-state index in [4.69, 9.17) is 0 Å². The van der Waals surface area contributed by atoms with Crippen LogP contribution in [0.15, 0.2) is 0 Å². The number of rotatable bonds is 0. The monoisotopic (exact) mass is 222 g/mol. The Morgan fingerprint density at radius 3 is 1.00 bits per heavy atom. The van der Waals surface area contributed by atoms with E-state index in [1.807, 2.05) is 0 Å². The van der Waals surface area contributed by atoms with Crippen molar-refractivity contribution < 1.29 is 53.6 Å². The van der Waals surface area contributed by atoms with Crippen LogP contribution >= 0.6 is 0 Å². The second-order valence-electron chi connectivity index (χ2n) is 0. The molecule has 4 heavy (non-hydrogen) atoms. The van der Waals surface area contributed by atoms with Crippen molar-refractivity contribution in [1.82, 2.24) is 0 Å². The zero-order valence-electron chi connectivity index (χ0n) is 2.36. The van der Waals surface area contributed by atoms with Gasteiger partial charge < -0.3 is 0 Å². The molecule has 0 fully saturated rings. The molecule has 4 heteroatoms. The van der Waals surface area contributed by atoms with Gasteiger partial charge in [0.05, 0.1) is 0 Å². The molecule has 0 aliphatic heterocycles. The molecule has 0 atom stereocenters. The van der Waals surface area contributed by atoms with Gasteiger partial charge in [-0.05, 0) is 0 Å². The van der Waals surface area contributed by atoms with Gasteiger partial charge in [0.15, 0.2) is 0 Å². The van der Waals surface area contributed by atoms with Crippen LogP contribution in [0.5, 0.6) is 0 Å². The number of hydrogen-bond acceptors (Lipinski definition) is 0. The van der Waals surface area contributed by atoms with Crippen molar-refractivity contribution in [3.8, 4) is 0 Å². The van der Waals surface area contributed by atoms with Crippen LogP contribution in [0.2, 0.25) is 0 Å². The maximum atomic E-state index is 0. The Morgan fingerprint density at radius 1 is 1.00 bits per heavy atom. The normalized spacial score (nSPS) is 0. The molecule has 0 amide bonds. The van der Waals surface area contributed by atoms with Gasteiger partial charge in [0.25, 0.3) is 0 Å². The Balaban J connectivity index is 0. The van der Waals surface area contributed by atoms with Gasteiger partial charge in [0, 0.05) is 105 Å². The van der Waals surface area contributed by atoms with Crippen LogP contribution in [0.3, 0.4) is 0 Å². The van der Waals surface area contributed by atoms with E-state index in [0.29, 0.717) is 0 Å². The van der Waals surface area contributed by atoms with Gasteiger partial charge >= 0.3 is 0 Å². The Kier molecular flexibility index (Phi) is 108. The molecule has 22 valence electrons. The molecule has 0 saturated carbocycles. The first-order valence-electron chi connectivity index (χ1n) is 0. The molecular formula is CuFeKZn. The topological polar surface area (TPSA) is 0 Å². The van der Waals surface area contributed by atoms with E-state index >= 15 is 0 Å². The van der Waals surface area contributed by atoms with E-state index in [2.05, 4.69) is 0 Å². The standard InChI is InChI=1S/Cu.Fe.K.Zn. The summed E-state index contributed by atoms with van der Waals surface area (Å²) >= 11 is 0. The molecule has 0 rings (SSSR count). The van der Waals surface area contributed by atoms with E-state index in [1.54, 1.807) is 0 Å². The van der Waals surface area contributed by atoms with Crippen molar-refractivity contribution >= 4 is 51.4 Å². The Morgan fingerprint density at radius 2 is 1.00 bits per heavy atom. The summed E-state index contributed by atoms with van der Waals surface area (Å²) in [7, 11) is 0. The molecule has 0 saturated heterocycles. The van der Waals surface area contributed by atoms with Gasteiger partial charge in [0.1, 0.15) is 0 Å². The summed E-state index contributed by atoms with van der Waals surface area (Å²) in [6.45, 7) is 0. The third kappa shape index (κ3) is 9.00. The van der Waals surface area contributed by atoms with Crippen molar-refractivity contribution in [1.29, 1.82) is 0 Å². The fraction of sp³-hybridized carbons (Fsp3) is 0. The minimum atomic E-state index is 0. The maximum Gasteiger partial charge on any atom is 0 e. The van der Waals surface area contributed by atoms with Crippen LogP contribution in [0, 0.1) is 0 Å². The molecular weight excluding hydrogens is 224 g/mol. The summed E-state index contributed by atoms with van der Waals surface area (Å²) in [6.07, 6.45) is 0. The van der Waals surface area contributed by atoms with E-state index < -0.39 is 0 Å². The third-order valence-electron chi connectivity index (χ3n) is 0. The van der Waals surface area contributed by atoms with Crippen molar-refractivity contribution in [3.05, 3.63) is 0 Å². The zero-order chi connectivity index (χ0) is 0. The summed E-state index contributed by atoms with van der Waals surface area (Å²) in [5.74, 6) is 0. The Bertz CT molecular complexity index is 8.00. The summed E-state index contributed by atoms with van der Waals surface area (Å²) in [6, 6.07) is 0. The molecule has 0 N–H and O–H groups in total. The van der Waals surface area contributed by atoms with Crippen LogP contribution in [0.4, 0.5) is 0 Å². The first-order chi connectivity index (χ1) is 0. The van der Waals surface area contributed by atoms with Crippen LogP contribution in [-0.4, -0.2) is 51.4 Å². The molecule has 0 heterocycles. The minimum absolute atomic E-state index is 0. The predicted molar refractivity (Wildman–Crippen MR) is 5.75 cm³/mol. The molecule has 0 unspecified atom stereocenters. The molecule has 2 radical (unpaired) electrons.